The number of unbranched alkanes of at least 4 members (excludes halogenated alkanes) is 9. The van der Waals surface area contributed by atoms with Crippen LogP contribution in [0.4, 0.5) is 0 Å². The van der Waals surface area contributed by atoms with Gasteiger partial charge in [-0.25, -0.2) is 0 Å². The lowest BCUT2D eigenvalue weighted by Gasteiger charge is -2.17. The summed E-state index contributed by atoms with van der Waals surface area (Å²) in [6.07, 6.45) is 22.7. The van der Waals surface area contributed by atoms with Crippen molar-refractivity contribution < 1.29 is 0 Å². The van der Waals surface area contributed by atoms with Crippen molar-refractivity contribution in [2.24, 2.45) is 0 Å². The molecule has 1 unspecified atom stereocenters. The first kappa shape index (κ1) is 19.5. The van der Waals surface area contributed by atoms with Crippen LogP contribution in [0, 0.1) is 12.3 Å². The van der Waals surface area contributed by atoms with E-state index in [9.17, 15) is 0 Å². The van der Waals surface area contributed by atoms with Crippen molar-refractivity contribution in [3.63, 3.8) is 0 Å². The maximum atomic E-state index is 5.32. The monoisotopic (exact) mass is 279 g/mol. The Balaban J connectivity index is 3.37. The van der Waals surface area contributed by atoms with Gasteiger partial charge in [-0.05, 0) is 25.8 Å². The third-order valence-corrected chi connectivity index (χ3v) is 4.02. The lowest BCUT2D eigenvalue weighted by atomic mass is 10.0. The Kier molecular flexibility index (Phi) is 16.2. The van der Waals surface area contributed by atoms with Crippen LogP contribution < -0.4 is 5.32 Å². The zero-order valence-corrected chi connectivity index (χ0v) is 14.1. The molecule has 0 saturated heterocycles. The van der Waals surface area contributed by atoms with Crippen LogP contribution in [0.2, 0.25) is 0 Å². The van der Waals surface area contributed by atoms with Gasteiger partial charge in [-0.1, -0.05) is 71.6 Å². The third-order valence-electron chi connectivity index (χ3n) is 4.02. The number of hydrogen-bond acceptors (Lipinski definition) is 1. The minimum Gasteiger partial charge on any atom is -0.314 e. The van der Waals surface area contributed by atoms with Gasteiger partial charge in [-0.15, -0.1) is 12.3 Å². The van der Waals surface area contributed by atoms with Crippen LogP contribution in [0.1, 0.15) is 97.3 Å². The average Bonchev–Trinajstić information content (AvgIpc) is 2.45. The van der Waals surface area contributed by atoms with E-state index >= 15 is 0 Å². The quantitative estimate of drug-likeness (QED) is 0.300. The summed E-state index contributed by atoms with van der Waals surface area (Å²) in [5, 5.41) is 3.60. The molecule has 118 valence electrons. The fourth-order valence-electron chi connectivity index (χ4n) is 2.79. The molecule has 0 aliphatic rings. The standard InChI is InChI=1S/C19H37N/c1-4-7-9-10-11-12-13-14-16-18-19(20-6-3)17-15-8-5-2/h2,19-20H,4,6-18H2,1,3H3. The lowest BCUT2D eigenvalue weighted by molar-refractivity contribution is 0.430. The molecule has 0 spiro atoms. The van der Waals surface area contributed by atoms with E-state index in [0.717, 1.165) is 13.0 Å². The van der Waals surface area contributed by atoms with Crippen molar-refractivity contribution in [2.75, 3.05) is 6.54 Å². The van der Waals surface area contributed by atoms with Gasteiger partial charge in [0.2, 0.25) is 0 Å². The van der Waals surface area contributed by atoms with Gasteiger partial charge in [-0.2, -0.15) is 0 Å². The van der Waals surface area contributed by atoms with Crippen LogP contribution in [0.15, 0.2) is 0 Å². The fraction of sp³-hybridized carbons (Fsp3) is 0.895. The van der Waals surface area contributed by atoms with Crippen molar-refractivity contribution in [1.82, 2.24) is 5.32 Å². The Bertz CT molecular complexity index is 216. The highest BCUT2D eigenvalue weighted by Crippen LogP contribution is 2.13. The maximum Gasteiger partial charge on any atom is 0.00866 e. The smallest absolute Gasteiger partial charge is 0.00866 e. The highest BCUT2D eigenvalue weighted by atomic mass is 14.9. The van der Waals surface area contributed by atoms with Crippen LogP contribution in [-0.4, -0.2) is 12.6 Å². The summed E-state index contributed by atoms with van der Waals surface area (Å²) in [6, 6.07) is 0.693. The molecule has 0 radical (unpaired) electrons. The van der Waals surface area contributed by atoms with Crippen molar-refractivity contribution in [1.29, 1.82) is 0 Å². The fourth-order valence-corrected chi connectivity index (χ4v) is 2.79. The van der Waals surface area contributed by atoms with E-state index in [1.165, 1.54) is 77.0 Å². The Morgan fingerprint density at radius 1 is 0.800 bits per heavy atom. The summed E-state index contributed by atoms with van der Waals surface area (Å²) < 4.78 is 0. The Hall–Kier alpha value is -0.480. The molecule has 0 aliphatic carbocycles. The Labute approximate surface area is 128 Å². The van der Waals surface area contributed by atoms with E-state index in [2.05, 4.69) is 25.1 Å². The summed E-state index contributed by atoms with van der Waals surface area (Å²) in [4.78, 5) is 0. The molecule has 1 heteroatoms. The third kappa shape index (κ3) is 13.9. The van der Waals surface area contributed by atoms with Crippen LogP contribution in [-0.2, 0) is 0 Å². The molecule has 1 atom stereocenters. The molecule has 0 aromatic heterocycles. The van der Waals surface area contributed by atoms with Gasteiger partial charge in [0.1, 0.15) is 0 Å². The molecule has 0 aromatic rings. The predicted octanol–water partition coefficient (Wildman–Crippen LogP) is 5.69. The van der Waals surface area contributed by atoms with E-state index < -0.39 is 0 Å². The Morgan fingerprint density at radius 3 is 1.90 bits per heavy atom. The minimum absolute atomic E-state index is 0.693. The Morgan fingerprint density at radius 2 is 1.35 bits per heavy atom. The first-order chi connectivity index (χ1) is 9.85. The molecule has 0 saturated carbocycles. The van der Waals surface area contributed by atoms with Crippen molar-refractivity contribution in [3.05, 3.63) is 0 Å². The van der Waals surface area contributed by atoms with Gasteiger partial charge < -0.3 is 5.32 Å². The second-order valence-corrected chi connectivity index (χ2v) is 5.97. The van der Waals surface area contributed by atoms with Crippen molar-refractivity contribution in [3.8, 4) is 12.3 Å². The molecule has 0 bridgehead atoms. The van der Waals surface area contributed by atoms with E-state index in [4.69, 9.17) is 6.42 Å². The zero-order chi connectivity index (χ0) is 14.9. The predicted molar refractivity (Wildman–Crippen MR) is 92.0 cm³/mol. The van der Waals surface area contributed by atoms with E-state index in [1.54, 1.807) is 0 Å². The molecule has 0 heterocycles. The molecule has 0 amide bonds. The van der Waals surface area contributed by atoms with E-state index in [1.807, 2.05) is 0 Å². The summed E-state index contributed by atoms with van der Waals surface area (Å²) in [5.74, 6) is 2.74. The molecule has 1 nitrogen and oxygen atoms in total. The second-order valence-electron chi connectivity index (χ2n) is 5.97. The zero-order valence-electron chi connectivity index (χ0n) is 14.1. The summed E-state index contributed by atoms with van der Waals surface area (Å²) in [5.41, 5.74) is 0. The SMILES string of the molecule is C#CCCCC(CCCCCCCCCCC)NCC. The second kappa shape index (κ2) is 16.6. The molecule has 0 fully saturated rings. The summed E-state index contributed by atoms with van der Waals surface area (Å²) in [6.45, 7) is 5.56. The highest BCUT2D eigenvalue weighted by Gasteiger charge is 2.06. The lowest BCUT2D eigenvalue weighted by Crippen LogP contribution is -2.28. The van der Waals surface area contributed by atoms with Gasteiger partial charge in [0.25, 0.3) is 0 Å². The molecule has 0 aliphatic heterocycles. The van der Waals surface area contributed by atoms with Gasteiger partial charge in [0.15, 0.2) is 0 Å². The number of nitrogens with one attached hydrogen (secondary N) is 1. The normalized spacial score (nSPS) is 12.2. The number of rotatable bonds is 15. The van der Waals surface area contributed by atoms with E-state index in [0.29, 0.717) is 6.04 Å². The maximum absolute atomic E-state index is 5.32. The van der Waals surface area contributed by atoms with Crippen LogP contribution in [0.3, 0.4) is 0 Å². The van der Waals surface area contributed by atoms with Crippen LogP contribution in [0.25, 0.3) is 0 Å². The van der Waals surface area contributed by atoms with Crippen LogP contribution >= 0.6 is 0 Å². The molecular formula is C19H37N. The van der Waals surface area contributed by atoms with Gasteiger partial charge >= 0.3 is 0 Å². The van der Waals surface area contributed by atoms with Gasteiger partial charge in [-0.3, -0.25) is 0 Å². The first-order valence-electron chi connectivity index (χ1n) is 9.02. The van der Waals surface area contributed by atoms with E-state index in [-0.39, 0.29) is 0 Å². The largest absolute Gasteiger partial charge is 0.314 e. The van der Waals surface area contributed by atoms with Gasteiger partial charge in [0.05, 0.1) is 0 Å². The van der Waals surface area contributed by atoms with Crippen molar-refractivity contribution in [2.45, 2.75) is 103 Å². The first-order valence-corrected chi connectivity index (χ1v) is 9.02. The summed E-state index contributed by atoms with van der Waals surface area (Å²) in [7, 11) is 0. The molecular weight excluding hydrogens is 242 g/mol. The number of hydrogen-bond donors (Lipinski definition) is 1. The summed E-state index contributed by atoms with van der Waals surface area (Å²) >= 11 is 0. The molecule has 0 aromatic carbocycles. The van der Waals surface area contributed by atoms with Crippen LogP contribution in [0.5, 0.6) is 0 Å². The minimum atomic E-state index is 0.693. The molecule has 20 heavy (non-hydrogen) atoms. The molecule has 1 N–H and O–H groups in total. The average molecular weight is 280 g/mol. The van der Waals surface area contributed by atoms with Crippen molar-refractivity contribution >= 4 is 0 Å². The molecule has 0 rings (SSSR count). The topological polar surface area (TPSA) is 12.0 Å². The van der Waals surface area contributed by atoms with Gasteiger partial charge in [0, 0.05) is 12.5 Å². The highest BCUT2D eigenvalue weighted by molar-refractivity contribution is 4.83. The number of terminal acetylenes is 1.